The molecule has 0 aliphatic carbocycles. The van der Waals surface area contributed by atoms with Gasteiger partial charge in [-0.3, -0.25) is 14.6 Å². The van der Waals surface area contributed by atoms with Crippen LogP contribution in [0.25, 0.3) is 11.5 Å². The minimum Gasteiger partial charge on any atom is -0.347 e. The predicted octanol–water partition coefficient (Wildman–Crippen LogP) is 1.87. The molecule has 0 unspecified atom stereocenters. The van der Waals surface area contributed by atoms with Crippen molar-refractivity contribution in [1.82, 2.24) is 29.8 Å². The number of aromatic nitrogens is 5. The number of carbonyl (C=O) groups excluding carboxylic acids is 1. The summed E-state index contributed by atoms with van der Waals surface area (Å²) >= 11 is 0. The highest BCUT2D eigenvalue weighted by molar-refractivity contribution is 5.93. The molecule has 0 fully saturated rings. The molecule has 0 saturated carbocycles. The molecule has 0 bridgehead atoms. The normalized spacial score (nSPS) is 12.6. The van der Waals surface area contributed by atoms with E-state index in [0.29, 0.717) is 18.1 Å². The number of H-pyrrole nitrogens is 1. The largest absolute Gasteiger partial charge is 0.347 e. The Morgan fingerprint density at radius 3 is 2.67 bits per heavy atom. The summed E-state index contributed by atoms with van der Waals surface area (Å²) in [4.78, 5) is 40.1. The zero-order valence-corrected chi connectivity index (χ0v) is 15.5. The number of rotatable bonds is 5. The van der Waals surface area contributed by atoms with Crippen LogP contribution in [0.15, 0.2) is 54.1 Å². The van der Waals surface area contributed by atoms with E-state index in [0.717, 1.165) is 0 Å². The Kier molecular flexibility index (Phi) is 5.16. The monoisotopic (exact) mass is 366 g/mol. The van der Waals surface area contributed by atoms with Gasteiger partial charge in [-0.05, 0) is 17.5 Å². The van der Waals surface area contributed by atoms with Gasteiger partial charge in [-0.25, -0.2) is 9.97 Å². The molecule has 2 N–H and O–H groups in total. The van der Waals surface area contributed by atoms with Crippen molar-refractivity contribution in [2.75, 3.05) is 0 Å². The highest BCUT2D eigenvalue weighted by atomic mass is 16.2. The van der Waals surface area contributed by atoms with E-state index in [2.05, 4.69) is 25.3 Å². The van der Waals surface area contributed by atoms with E-state index in [1.807, 2.05) is 31.5 Å². The number of nitrogens with zero attached hydrogens (tertiary/aromatic N) is 4. The Hall–Kier alpha value is -3.29. The summed E-state index contributed by atoms with van der Waals surface area (Å²) in [5.74, 6) is -0.140. The smallest absolute Gasteiger partial charge is 0.264 e. The number of imidazole rings is 1. The van der Waals surface area contributed by atoms with Gasteiger partial charge in [0.05, 0.1) is 12.4 Å². The van der Waals surface area contributed by atoms with Gasteiger partial charge in [-0.15, -0.1) is 0 Å². The van der Waals surface area contributed by atoms with Crippen molar-refractivity contribution < 1.29 is 4.79 Å². The molecule has 0 aromatic carbocycles. The molecule has 0 aliphatic rings. The van der Waals surface area contributed by atoms with Crippen LogP contribution < -0.4 is 10.9 Å². The Bertz CT molecular complexity index is 958. The Balaban J connectivity index is 1.81. The number of hydrogen-bond acceptors (Lipinski definition) is 5. The van der Waals surface area contributed by atoms with Gasteiger partial charge in [0.25, 0.3) is 11.5 Å². The molecule has 8 heteroatoms. The molecule has 27 heavy (non-hydrogen) atoms. The molecule has 3 aromatic heterocycles. The Labute approximate surface area is 156 Å². The van der Waals surface area contributed by atoms with Crippen molar-refractivity contribution >= 4 is 5.91 Å². The number of aromatic amines is 1. The number of nitrogens with one attached hydrogen (secondary N) is 2. The summed E-state index contributed by atoms with van der Waals surface area (Å²) in [6, 6.07) is 5.11. The van der Waals surface area contributed by atoms with Crippen LogP contribution in [0.5, 0.6) is 0 Å². The highest BCUT2D eigenvalue weighted by Crippen LogP contribution is 2.21. The predicted molar refractivity (Wildman–Crippen MR) is 101 cm³/mol. The van der Waals surface area contributed by atoms with Crippen molar-refractivity contribution in [3.63, 3.8) is 0 Å². The maximum absolute atomic E-state index is 12.7. The molecule has 0 aliphatic heterocycles. The summed E-state index contributed by atoms with van der Waals surface area (Å²) < 4.78 is 1.89. The fourth-order valence-electron chi connectivity index (χ4n) is 2.57. The van der Waals surface area contributed by atoms with Gasteiger partial charge in [0, 0.05) is 31.3 Å². The van der Waals surface area contributed by atoms with E-state index >= 15 is 0 Å². The third-order valence-corrected chi connectivity index (χ3v) is 4.25. The van der Waals surface area contributed by atoms with Crippen LogP contribution in [-0.2, 0) is 6.54 Å². The molecule has 8 nitrogen and oxygen atoms in total. The summed E-state index contributed by atoms with van der Waals surface area (Å²) in [6.45, 7) is 6.64. The number of amides is 1. The first kappa shape index (κ1) is 18.5. The quantitative estimate of drug-likeness (QED) is 0.717. The minimum atomic E-state index is -0.501. The zero-order chi connectivity index (χ0) is 19.4. The molecule has 3 rings (SSSR count). The van der Waals surface area contributed by atoms with Crippen LogP contribution in [-0.4, -0.2) is 36.5 Å². The van der Waals surface area contributed by atoms with Gasteiger partial charge >= 0.3 is 0 Å². The topological polar surface area (TPSA) is 106 Å². The summed E-state index contributed by atoms with van der Waals surface area (Å²) in [7, 11) is 0. The third kappa shape index (κ3) is 4.46. The van der Waals surface area contributed by atoms with Crippen LogP contribution >= 0.6 is 0 Å². The summed E-state index contributed by atoms with van der Waals surface area (Å²) in [6.07, 6.45) is 8.11. The maximum Gasteiger partial charge on any atom is 0.264 e. The second kappa shape index (κ2) is 7.53. The lowest BCUT2D eigenvalue weighted by molar-refractivity contribution is 0.0890. The van der Waals surface area contributed by atoms with Crippen LogP contribution in [0.1, 0.15) is 31.1 Å². The molecular formula is C19H22N6O2. The molecule has 140 valence electrons. The summed E-state index contributed by atoms with van der Waals surface area (Å²) in [5, 5.41) is 2.95. The van der Waals surface area contributed by atoms with Crippen LogP contribution in [0, 0.1) is 5.41 Å². The maximum atomic E-state index is 12.7. The van der Waals surface area contributed by atoms with E-state index in [9.17, 15) is 9.59 Å². The first-order chi connectivity index (χ1) is 12.8. The lowest BCUT2D eigenvalue weighted by Crippen LogP contribution is -2.47. The fraction of sp³-hybridized carbons (Fsp3) is 0.316. The SMILES string of the molecule is CC(C)(C)[C@@H](Cn1ccnc1)NC(=O)c1cnc(-c2ccccn2)[nH]c1=O. The zero-order valence-electron chi connectivity index (χ0n) is 15.5. The van der Waals surface area contributed by atoms with Crippen LogP contribution in [0.3, 0.4) is 0 Å². The number of pyridine rings is 1. The molecule has 0 saturated heterocycles. The van der Waals surface area contributed by atoms with E-state index in [-0.39, 0.29) is 17.0 Å². The number of carbonyl (C=O) groups is 1. The molecule has 1 amide bonds. The molecule has 3 aromatic rings. The van der Waals surface area contributed by atoms with Gasteiger partial charge in [0.15, 0.2) is 5.82 Å². The Morgan fingerprint density at radius 1 is 1.26 bits per heavy atom. The first-order valence-electron chi connectivity index (χ1n) is 8.62. The second-order valence-electron chi connectivity index (χ2n) is 7.34. The molecular weight excluding hydrogens is 344 g/mol. The van der Waals surface area contributed by atoms with Crippen LogP contribution in [0.4, 0.5) is 0 Å². The first-order valence-corrected chi connectivity index (χ1v) is 8.62. The van der Waals surface area contributed by atoms with Gasteiger partial charge in [-0.1, -0.05) is 26.8 Å². The van der Waals surface area contributed by atoms with Crippen LogP contribution in [0.2, 0.25) is 0 Å². The minimum absolute atomic E-state index is 0.0328. The van der Waals surface area contributed by atoms with Crippen molar-refractivity contribution in [3.8, 4) is 11.5 Å². The van der Waals surface area contributed by atoms with Crippen molar-refractivity contribution in [2.24, 2.45) is 5.41 Å². The summed E-state index contributed by atoms with van der Waals surface area (Å²) in [5.41, 5.74) is -0.212. The molecule has 0 spiro atoms. The third-order valence-electron chi connectivity index (χ3n) is 4.25. The van der Waals surface area contributed by atoms with E-state index < -0.39 is 11.5 Å². The average Bonchev–Trinajstić information content (AvgIpc) is 3.14. The van der Waals surface area contributed by atoms with Gasteiger partial charge in [0.1, 0.15) is 11.3 Å². The standard InChI is InChI=1S/C19H22N6O2/c1-19(2,3)15(11-25-9-8-20-12-25)23-17(26)13-10-22-16(24-18(13)27)14-6-4-5-7-21-14/h4-10,12,15H,11H2,1-3H3,(H,23,26)(H,22,24,27)/t15-/m1/s1. The molecule has 1 atom stereocenters. The van der Waals surface area contributed by atoms with Gasteiger partial charge in [-0.2, -0.15) is 0 Å². The average molecular weight is 366 g/mol. The van der Waals surface area contributed by atoms with E-state index in [4.69, 9.17) is 0 Å². The number of hydrogen-bond donors (Lipinski definition) is 2. The lowest BCUT2D eigenvalue weighted by Gasteiger charge is -2.31. The second-order valence-corrected chi connectivity index (χ2v) is 7.34. The van der Waals surface area contributed by atoms with Crippen molar-refractivity contribution in [1.29, 1.82) is 0 Å². The molecule has 3 heterocycles. The van der Waals surface area contributed by atoms with Gasteiger partial charge in [0.2, 0.25) is 0 Å². The molecule has 0 radical (unpaired) electrons. The van der Waals surface area contributed by atoms with E-state index in [1.54, 1.807) is 36.9 Å². The van der Waals surface area contributed by atoms with E-state index in [1.165, 1.54) is 6.20 Å². The fourth-order valence-corrected chi connectivity index (χ4v) is 2.57. The van der Waals surface area contributed by atoms with Crippen molar-refractivity contribution in [2.45, 2.75) is 33.4 Å². The Morgan fingerprint density at radius 2 is 2.07 bits per heavy atom. The van der Waals surface area contributed by atoms with Crippen molar-refractivity contribution in [3.05, 3.63) is 65.2 Å². The highest BCUT2D eigenvalue weighted by Gasteiger charge is 2.28. The van der Waals surface area contributed by atoms with Gasteiger partial charge < -0.3 is 14.9 Å². The lowest BCUT2D eigenvalue weighted by atomic mass is 9.86.